The smallest absolute Gasteiger partial charge is 0.226 e. The van der Waals surface area contributed by atoms with Crippen LogP contribution in [0.3, 0.4) is 0 Å². The molecule has 1 aromatic heterocycles. The summed E-state index contributed by atoms with van der Waals surface area (Å²) in [6.07, 6.45) is 7.07. The van der Waals surface area contributed by atoms with Crippen LogP contribution in [-0.4, -0.2) is 28.1 Å². The summed E-state index contributed by atoms with van der Waals surface area (Å²) in [5, 5.41) is 12.6. The summed E-state index contributed by atoms with van der Waals surface area (Å²) in [4.78, 5) is 16.4. The first-order valence-electron chi connectivity index (χ1n) is 6.98. The summed E-state index contributed by atoms with van der Waals surface area (Å²) in [7, 11) is 0. The zero-order chi connectivity index (χ0) is 13.7. The highest BCUT2D eigenvalue weighted by molar-refractivity contribution is 5.79. The molecule has 1 amide bonds. The lowest BCUT2D eigenvalue weighted by Crippen LogP contribution is -2.53. The average Bonchev–Trinajstić information content (AvgIpc) is 2.42. The Morgan fingerprint density at radius 2 is 2.16 bits per heavy atom. The van der Waals surface area contributed by atoms with Crippen LogP contribution >= 0.6 is 0 Å². The van der Waals surface area contributed by atoms with Crippen LogP contribution in [0.4, 0.5) is 0 Å². The molecule has 1 aromatic rings. The highest BCUT2D eigenvalue weighted by Gasteiger charge is 2.32. The number of hydrogen-bond donors (Lipinski definition) is 2. The Morgan fingerprint density at radius 1 is 1.42 bits per heavy atom. The fraction of sp³-hybridized carbons (Fsp3) is 0.600. The predicted octanol–water partition coefficient (Wildman–Crippen LogP) is 1.74. The molecule has 1 fully saturated rings. The number of aromatic nitrogens is 1. The monoisotopic (exact) mass is 262 g/mol. The Bertz CT molecular complexity index is 440. The number of pyridine rings is 1. The van der Waals surface area contributed by atoms with Crippen LogP contribution < -0.4 is 5.32 Å². The molecule has 0 saturated heterocycles. The van der Waals surface area contributed by atoms with Crippen LogP contribution in [-0.2, 0) is 11.2 Å². The Balaban J connectivity index is 1.98. The van der Waals surface area contributed by atoms with E-state index in [2.05, 4.69) is 10.3 Å². The maximum atomic E-state index is 12.1. The van der Waals surface area contributed by atoms with E-state index >= 15 is 0 Å². The standard InChI is InChI=1S/C15H22N2O2/c1-12-6-5-9-16-13(12)10-14(19)17-15(11-18)7-3-2-4-8-15/h5-6,9,18H,2-4,7-8,10-11H2,1H3,(H,17,19). The van der Waals surface area contributed by atoms with Crippen molar-refractivity contribution >= 4 is 5.91 Å². The van der Waals surface area contributed by atoms with E-state index in [9.17, 15) is 9.90 Å². The van der Waals surface area contributed by atoms with E-state index in [4.69, 9.17) is 0 Å². The van der Waals surface area contributed by atoms with Crippen molar-refractivity contribution in [3.63, 3.8) is 0 Å². The van der Waals surface area contributed by atoms with E-state index in [0.29, 0.717) is 0 Å². The highest BCUT2D eigenvalue weighted by Crippen LogP contribution is 2.27. The van der Waals surface area contributed by atoms with Crippen molar-refractivity contribution in [3.8, 4) is 0 Å². The van der Waals surface area contributed by atoms with Gasteiger partial charge in [0, 0.05) is 6.20 Å². The largest absolute Gasteiger partial charge is 0.394 e. The van der Waals surface area contributed by atoms with Crippen molar-refractivity contribution in [2.75, 3.05) is 6.61 Å². The predicted molar refractivity (Wildman–Crippen MR) is 73.7 cm³/mol. The van der Waals surface area contributed by atoms with Crippen LogP contribution in [0.25, 0.3) is 0 Å². The number of aryl methyl sites for hydroxylation is 1. The summed E-state index contributed by atoms with van der Waals surface area (Å²) in [6, 6.07) is 3.82. The molecule has 0 spiro atoms. The molecule has 4 heteroatoms. The van der Waals surface area contributed by atoms with Gasteiger partial charge in [0.05, 0.1) is 24.3 Å². The van der Waals surface area contributed by atoms with E-state index in [-0.39, 0.29) is 18.9 Å². The first kappa shape index (κ1) is 14.0. The van der Waals surface area contributed by atoms with Gasteiger partial charge in [-0.2, -0.15) is 0 Å². The summed E-state index contributed by atoms with van der Waals surface area (Å²) >= 11 is 0. The van der Waals surface area contributed by atoms with E-state index in [1.165, 1.54) is 6.42 Å². The van der Waals surface area contributed by atoms with Gasteiger partial charge in [-0.05, 0) is 31.4 Å². The SMILES string of the molecule is Cc1cccnc1CC(=O)NC1(CO)CCCCC1. The van der Waals surface area contributed by atoms with Crippen molar-refractivity contribution in [3.05, 3.63) is 29.6 Å². The molecule has 2 rings (SSSR count). The minimum atomic E-state index is -0.405. The molecule has 0 aromatic carbocycles. The van der Waals surface area contributed by atoms with E-state index < -0.39 is 5.54 Å². The van der Waals surface area contributed by atoms with Crippen LogP contribution in [0.5, 0.6) is 0 Å². The normalized spacial score (nSPS) is 18.0. The molecule has 0 bridgehead atoms. The fourth-order valence-electron chi connectivity index (χ4n) is 2.75. The molecule has 19 heavy (non-hydrogen) atoms. The molecule has 1 heterocycles. The van der Waals surface area contributed by atoms with E-state index in [1.807, 2.05) is 19.1 Å². The zero-order valence-electron chi connectivity index (χ0n) is 11.5. The van der Waals surface area contributed by atoms with Gasteiger partial charge in [-0.3, -0.25) is 9.78 Å². The summed E-state index contributed by atoms with van der Waals surface area (Å²) in [6.45, 7) is 1.98. The maximum absolute atomic E-state index is 12.1. The van der Waals surface area contributed by atoms with Crippen LogP contribution in [0, 0.1) is 6.92 Å². The molecule has 104 valence electrons. The second kappa shape index (κ2) is 6.15. The summed E-state index contributed by atoms with van der Waals surface area (Å²) in [5.74, 6) is -0.0437. The number of carbonyl (C=O) groups is 1. The van der Waals surface area contributed by atoms with Crippen molar-refractivity contribution in [2.24, 2.45) is 0 Å². The van der Waals surface area contributed by atoms with Crippen LogP contribution in [0.15, 0.2) is 18.3 Å². The van der Waals surface area contributed by atoms with Crippen molar-refractivity contribution < 1.29 is 9.90 Å². The van der Waals surface area contributed by atoms with Crippen molar-refractivity contribution in [1.29, 1.82) is 0 Å². The fourth-order valence-corrected chi connectivity index (χ4v) is 2.75. The van der Waals surface area contributed by atoms with Gasteiger partial charge in [0.2, 0.25) is 5.91 Å². The number of rotatable bonds is 4. The Kier molecular flexibility index (Phi) is 4.53. The molecular formula is C15H22N2O2. The Morgan fingerprint density at radius 3 is 2.79 bits per heavy atom. The van der Waals surface area contributed by atoms with E-state index in [1.54, 1.807) is 6.20 Å². The number of nitrogens with one attached hydrogen (secondary N) is 1. The van der Waals surface area contributed by atoms with Gasteiger partial charge >= 0.3 is 0 Å². The molecule has 1 saturated carbocycles. The lowest BCUT2D eigenvalue weighted by molar-refractivity contribution is -0.123. The zero-order valence-corrected chi connectivity index (χ0v) is 11.5. The van der Waals surface area contributed by atoms with Gasteiger partial charge in [0.25, 0.3) is 0 Å². The number of hydrogen-bond acceptors (Lipinski definition) is 3. The van der Waals surface area contributed by atoms with Crippen LogP contribution in [0.1, 0.15) is 43.4 Å². The van der Waals surface area contributed by atoms with Gasteiger partial charge in [0.1, 0.15) is 0 Å². The second-order valence-electron chi connectivity index (χ2n) is 5.49. The van der Waals surface area contributed by atoms with Gasteiger partial charge < -0.3 is 10.4 Å². The first-order valence-corrected chi connectivity index (χ1v) is 6.98. The molecule has 0 aliphatic heterocycles. The molecule has 2 N–H and O–H groups in total. The number of nitrogens with zero attached hydrogens (tertiary/aromatic N) is 1. The van der Waals surface area contributed by atoms with Crippen LogP contribution in [0.2, 0.25) is 0 Å². The number of amides is 1. The average molecular weight is 262 g/mol. The maximum Gasteiger partial charge on any atom is 0.226 e. The number of aliphatic hydroxyl groups excluding tert-OH is 1. The molecule has 0 unspecified atom stereocenters. The lowest BCUT2D eigenvalue weighted by Gasteiger charge is -2.36. The van der Waals surface area contributed by atoms with E-state index in [0.717, 1.165) is 36.9 Å². The van der Waals surface area contributed by atoms with Crippen molar-refractivity contribution in [1.82, 2.24) is 10.3 Å². The Labute approximate surface area is 114 Å². The second-order valence-corrected chi connectivity index (χ2v) is 5.49. The lowest BCUT2D eigenvalue weighted by atomic mass is 9.82. The summed E-state index contributed by atoms with van der Waals surface area (Å²) in [5.41, 5.74) is 1.43. The summed E-state index contributed by atoms with van der Waals surface area (Å²) < 4.78 is 0. The Hall–Kier alpha value is -1.42. The molecule has 1 aliphatic rings. The van der Waals surface area contributed by atoms with Gasteiger partial charge in [-0.15, -0.1) is 0 Å². The minimum Gasteiger partial charge on any atom is -0.394 e. The third-order valence-electron chi connectivity index (χ3n) is 3.96. The molecule has 4 nitrogen and oxygen atoms in total. The van der Waals surface area contributed by atoms with Gasteiger partial charge in [0.15, 0.2) is 0 Å². The third-order valence-corrected chi connectivity index (χ3v) is 3.96. The molecular weight excluding hydrogens is 240 g/mol. The quantitative estimate of drug-likeness (QED) is 0.869. The highest BCUT2D eigenvalue weighted by atomic mass is 16.3. The van der Waals surface area contributed by atoms with Gasteiger partial charge in [-0.1, -0.05) is 25.3 Å². The van der Waals surface area contributed by atoms with Crippen molar-refractivity contribution in [2.45, 2.75) is 51.0 Å². The molecule has 1 aliphatic carbocycles. The molecule has 0 atom stereocenters. The minimum absolute atomic E-state index is 0.0277. The van der Waals surface area contributed by atoms with Gasteiger partial charge in [-0.25, -0.2) is 0 Å². The topological polar surface area (TPSA) is 62.2 Å². The number of aliphatic hydroxyl groups is 1. The first-order chi connectivity index (χ1) is 9.15. The molecule has 0 radical (unpaired) electrons. The number of carbonyl (C=O) groups excluding carboxylic acids is 1. The third kappa shape index (κ3) is 3.53.